The van der Waals surface area contributed by atoms with Crippen LogP contribution in [0.15, 0.2) is 28.8 Å². The number of anilines is 1. The van der Waals surface area contributed by atoms with Gasteiger partial charge in [-0.3, -0.25) is 4.79 Å². The molecule has 1 N–H and O–H groups in total. The Morgan fingerprint density at radius 1 is 1.31 bits per heavy atom. The smallest absolute Gasteiger partial charge is 0.227 e. The van der Waals surface area contributed by atoms with Gasteiger partial charge in [0.15, 0.2) is 0 Å². The van der Waals surface area contributed by atoms with E-state index < -0.39 is 10.0 Å². The third-order valence-electron chi connectivity index (χ3n) is 4.54. The Kier molecular flexibility index (Phi) is 5.38. The molecule has 0 bridgehead atoms. The number of hydrogen-bond donors (Lipinski definition) is 1. The first kappa shape index (κ1) is 18.5. The third-order valence-corrected chi connectivity index (χ3v) is 6.42. The first-order chi connectivity index (χ1) is 12.4. The molecule has 8 nitrogen and oxygen atoms in total. The van der Waals surface area contributed by atoms with Crippen LogP contribution in [0.3, 0.4) is 0 Å². The number of nitrogens with zero attached hydrogens (tertiary/aromatic N) is 3. The summed E-state index contributed by atoms with van der Waals surface area (Å²) in [6, 6.07) is 7.26. The van der Waals surface area contributed by atoms with E-state index in [0.717, 1.165) is 0 Å². The van der Waals surface area contributed by atoms with Gasteiger partial charge in [0.05, 0.1) is 11.4 Å². The molecule has 1 aliphatic rings. The summed E-state index contributed by atoms with van der Waals surface area (Å²) in [6.45, 7) is 4.08. The quantitative estimate of drug-likeness (QED) is 0.853. The molecule has 0 saturated carbocycles. The van der Waals surface area contributed by atoms with E-state index >= 15 is 0 Å². The van der Waals surface area contributed by atoms with Crippen molar-refractivity contribution in [1.29, 1.82) is 0 Å². The lowest BCUT2D eigenvalue weighted by Crippen LogP contribution is -2.42. The van der Waals surface area contributed by atoms with Crippen molar-refractivity contribution in [2.24, 2.45) is 5.92 Å². The van der Waals surface area contributed by atoms with Crippen molar-refractivity contribution in [3.8, 4) is 11.4 Å². The number of rotatable bonds is 5. The van der Waals surface area contributed by atoms with E-state index in [1.165, 1.54) is 4.31 Å². The Morgan fingerprint density at radius 3 is 2.62 bits per heavy atom. The molecule has 1 saturated heterocycles. The SMILES string of the molecule is CCS(=O)(=O)N1CCC(C(=O)Nc2ccccc2-c2noc(C)n2)CC1. The Balaban J connectivity index is 1.68. The van der Waals surface area contributed by atoms with Crippen molar-refractivity contribution in [2.75, 3.05) is 24.2 Å². The van der Waals surface area contributed by atoms with E-state index in [0.29, 0.717) is 48.9 Å². The molecular formula is C17H22N4O4S. The van der Waals surface area contributed by atoms with Crippen LogP contribution in [0.25, 0.3) is 11.4 Å². The fourth-order valence-corrected chi connectivity index (χ4v) is 4.14. The van der Waals surface area contributed by atoms with Crippen LogP contribution < -0.4 is 5.32 Å². The minimum atomic E-state index is -3.20. The average Bonchev–Trinajstić information content (AvgIpc) is 3.08. The predicted molar refractivity (Wildman–Crippen MR) is 96.9 cm³/mol. The van der Waals surface area contributed by atoms with Crippen molar-refractivity contribution >= 4 is 21.6 Å². The molecule has 3 rings (SSSR count). The van der Waals surface area contributed by atoms with Crippen molar-refractivity contribution in [1.82, 2.24) is 14.4 Å². The van der Waals surface area contributed by atoms with Crippen LogP contribution in [0, 0.1) is 12.8 Å². The maximum atomic E-state index is 12.6. The number of aromatic nitrogens is 2. The monoisotopic (exact) mass is 378 g/mol. The number of carbonyl (C=O) groups is 1. The summed E-state index contributed by atoms with van der Waals surface area (Å²) in [5, 5.41) is 6.83. The Hall–Kier alpha value is -2.26. The van der Waals surface area contributed by atoms with E-state index in [9.17, 15) is 13.2 Å². The summed E-state index contributed by atoms with van der Waals surface area (Å²) in [5.74, 6) is 0.610. The van der Waals surface area contributed by atoms with Gasteiger partial charge in [-0.05, 0) is 31.9 Å². The molecule has 0 aliphatic carbocycles. The second-order valence-corrected chi connectivity index (χ2v) is 8.50. The number of sulfonamides is 1. The second-order valence-electron chi connectivity index (χ2n) is 6.25. The molecule has 9 heteroatoms. The molecule has 26 heavy (non-hydrogen) atoms. The number of aryl methyl sites for hydroxylation is 1. The van der Waals surface area contributed by atoms with Gasteiger partial charge in [0, 0.05) is 31.5 Å². The zero-order valence-electron chi connectivity index (χ0n) is 14.8. The molecule has 0 radical (unpaired) electrons. The standard InChI is InChI=1S/C17H22N4O4S/c1-3-26(23,24)21-10-8-13(9-11-21)17(22)19-15-7-5-4-6-14(15)16-18-12(2)25-20-16/h4-7,13H,3,8-11H2,1-2H3,(H,19,22). The Labute approximate surface area is 152 Å². The van der Waals surface area contributed by atoms with Crippen LogP contribution in [0.2, 0.25) is 0 Å². The molecule has 1 fully saturated rings. The number of para-hydroxylation sites is 1. The Morgan fingerprint density at radius 2 is 2.00 bits per heavy atom. The van der Waals surface area contributed by atoms with Crippen molar-refractivity contribution < 1.29 is 17.7 Å². The summed E-state index contributed by atoms with van der Waals surface area (Å²) in [5.41, 5.74) is 1.30. The molecule has 0 unspecified atom stereocenters. The fraction of sp³-hybridized carbons (Fsp3) is 0.471. The zero-order chi connectivity index (χ0) is 18.7. The van der Waals surface area contributed by atoms with Crippen LogP contribution >= 0.6 is 0 Å². The summed E-state index contributed by atoms with van der Waals surface area (Å²) in [6.07, 6.45) is 1.02. The van der Waals surface area contributed by atoms with Crippen LogP contribution in [0.4, 0.5) is 5.69 Å². The summed E-state index contributed by atoms with van der Waals surface area (Å²) in [4.78, 5) is 16.8. The van der Waals surface area contributed by atoms with Crippen molar-refractivity contribution in [3.05, 3.63) is 30.2 Å². The van der Waals surface area contributed by atoms with E-state index in [4.69, 9.17) is 4.52 Å². The number of benzene rings is 1. The molecule has 0 spiro atoms. The van der Waals surface area contributed by atoms with E-state index in [1.807, 2.05) is 18.2 Å². The van der Waals surface area contributed by atoms with Gasteiger partial charge in [-0.2, -0.15) is 4.98 Å². The Bertz CT molecular complexity index is 886. The number of hydrogen-bond acceptors (Lipinski definition) is 6. The molecular weight excluding hydrogens is 356 g/mol. The fourth-order valence-electron chi connectivity index (χ4n) is 3.01. The van der Waals surface area contributed by atoms with Gasteiger partial charge in [-0.25, -0.2) is 12.7 Å². The van der Waals surface area contributed by atoms with Gasteiger partial charge in [0.2, 0.25) is 27.6 Å². The normalized spacial score (nSPS) is 16.5. The molecule has 2 aromatic rings. The minimum absolute atomic E-state index is 0.0847. The van der Waals surface area contributed by atoms with E-state index in [1.54, 1.807) is 19.9 Å². The summed E-state index contributed by atoms with van der Waals surface area (Å²) >= 11 is 0. The minimum Gasteiger partial charge on any atom is -0.339 e. The van der Waals surface area contributed by atoms with E-state index in [-0.39, 0.29) is 17.6 Å². The average molecular weight is 378 g/mol. The first-order valence-electron chi connectivity index (χ1n) is 8.59. The highest BCUT2D eigenvalue weighted by Crippen LogP contribution is 2.27. The van der Waals surface area contributed by atoms with Crippen LogP contribution in [-0.2, 0) is 14.8 Å². The lowest BCUT2D eigenvalue weighted by molar-refractivity contribution is -0.120. The van der Waals surface area contributed by atoms with E-state index in [2.05, 4.69) is 15.5 Å². The molecule has 1 aromatic heterocycles. The first-order valence-corrected chi connectivity index (χ1v) is 10.2. The maximum absolute atomic E-state index is 12.6. The largest absolute Gasteiger partial charge is 0.339 e. The van der Waals surface area contributed by atoms with Gasteiger partial charge in [0.25, 0.3) is 0 Å². The lowest BCUT2D eigenvalue weighted by Gasteiger charge is -2.30. The summed E-state index contributed by atoms with van der Waals surface area (Å²) < 4.78 is 30.3. The summed E-state index contributed by atoms with van der Waals surface area (Å²) in [7, 11) is -3.20. The molecule has 2 heterocycles. The number of amides is 1. The topological polar surface area (TPSA) is 105 Å². The van der Waals surface area contributed by atoms with Gasteiger partial charge in [-0.1, -0.05) is 17.3 Å². The van der Waals surface area contributed by atoms with Crippen LogP contribution in [0.5, 0.6) is 0 Å². The highest BCUT2D eigenvalue weighted by molar-refractivity contribution is 7.89. The van der Waals surface area contributed by atoms with Gasteiger partial charge < -0.3 is 9.84 Å². The van der Waals surface area contributed by atoms with Crippen molar-refractivity contribution in [2.45, 2.75) is 26.7 Å². The van der Waals surface area contributed by atoms with Gasteiger partial charge in [0.1, 0.15) is 0 Å². The molecule has 1 amide bonds. The molecule has 140 valence electrons. The van der Waals surface area contributed by atoms with Crippen molar-refractivity contribution in [3.63, 3.8) is 0 Å². The number of nitrogens with one attached hydrogen (secondary N) is 1. The molecule has 1 aromatic carbocycles. The highest BCUT2D eigenvalue weighted by atomic mass is 32.2. The second kappa shape index (κ2) is 7.55. The highest BCUT2D eigenvalue weighted by Gasteiger charge is 2.30. The number of carbonyl (C=O) groups excluding carboxylic acids is 1. The number of piperidine rings is 1. The lowest BCUT2D eigenvalue weighted by atomic mass is 9.97. The van der Waals surface area contributed by atoms with Crippen LogP contribution in [-0.4, -0.2) is 47.6 Å². The van der Waals surface area contributed by atoms with Gasteiger partial charge >= 0.3 is 0 Å². The van der Waals surface area contributed by atoms with Gasteiger partial charge in [-0.15, -0.1) is 0 Å². The maximum Gasteiger partial charge on any atom is 0.227 e. The zero-order valence-corrected chi connectivity index (χ0v) is 15.6. The molecule has 0 atom stereocenters. The predicted octanol–water partition coefficient (Wildman–Crippen LogP) is 2.05. The molecule has 1 aliphatic heterocycles. The third kappa shape index (κ3) is 3.94. The van der Waals surface area contributed by atoms with Crippen LogP contribution in [0.1, 0.15) is 25.7 Å².